The fourth-order valence-corrected chi connectivity index (χ4v) is 3.31. The average Bonchev–Trinajstić information content (AvgIpc) is 3.19. The van der Waals surface area contributed by atoms with Crippen molar-refractivity contribution in [2.75, 3.05) is 17.2 Å². The number of hydrogen-bond acceptors (Lipinski definition) is 3. The van der Waals surface area contributed by atoms with E-state index in [0.29, 0.717) is 5.82 Å². The summed E-state index contributed by atoms with van der Waals surface area (Å²) in [6.07, 6.45) is 0. The van der Waals surface area contributed by atoms with Gasteiger partial charge in [0.05, 0.1) is 11.4 Å². The lowest BCUT2D eigenvalue weighted by molar-refractivity contribution is -0.117. The van der Waals surface area contributed by atoms with Crippen molar-refractivity contribution in [3.63, 3.8) is 0 Å². The van der Waals surface area contributed by atoms with Gasteiger partial charge in [0.15, 0.2) is 11.6 Å². The summed E-state index contributed by atoms with van der Waals surface area (Å²) >= 11 is 0. The molecule has 0 unspecified atom stereocenters. The summed E-state index contributed by atoms with van der Waals surface area (Å²) in [5, 5.41) is 10.1. The molecule has 3 aromatic rings. The zero-order chi connectivity index (χ0) is 25.9. The number of benzene rings is 2. The van der Waals surface area contributed by atoms with Crippen molar-refractivity contribution >= 4 is 23.4 Å². The molecule has 3 amide bonds. The quantitative estimate of drug-likeness (QED) is 0.476. The molecule has 0 atom stereocenters. The second kappa shape index (κ2) is 10.2. The molecule has 0 radical (unpaired) electrons. The van der Waals surface area contributed by atoms with E-state index in [1.165, 1.54) is 11.0 Å². The summed E-state index contributed by atoms with van der Waals surface area (Å²) in [6, 6.07) is 11.7. The first-order valence-corrected chi connectivity index (χ1v) is 11.4. The number of halogens is 2. The van der Waals surface area contributed by atoms with E-state index in [-0.39, 0.29) is 23.7 Å². The highest BCUT2D eigenvalue weighted by atomic mass is 19.2. The molecule has 186 valence electrons. The van der Waals surface area contributed by atoms with Crippen LogP contribution in [-0.2, 0) is 10.2 Å². The van der Waals surface area contributed by atoms with Crippen LogP contribution in [0.3, 0.4) is 0 Å². The van der Waals surface area contributed by atoms with Gasteiger partial charge in [-0.15, -0.1) is 0 Å². The lowest BCUT2D eigenvalue weighted by atomic mass is 9.92. The van der Waals surface area contributed by atoms with E-state index in [1.54, 1.807) is 18.5 Å². The summed E-state index contributed by atoms with van der Waals surface area (Å²) in [6.45, 7) is 11.3. The molecule has 1 heterocycles. The number of nitrogens with one attached hydrogen (secondary N) is 2. The molecule has 0 saturated heterocycles. The first kappa shape index (κ1) is 25.9. The minimum atomic E-state index is -1.07. The van der Waals surface area contributed by atoms with E-state index >= 15 is 0 Å². The molecule has 0 fully saturated rings. The van der Waals surface area contributed by atoms with Crippen molar-refractivity contribution in [2.24, 2.45) is 0 Å². The van der Waals surface area contributed by atoms with Gasteiger partial charge in [-0.2, -0.15) is 5.10 Å². The molecule has 9 heteroatoms. The third-order valence-electron chi connectivity index (χ3n) is 5.39. The van der Waals surface area contributed by atoms with E-state index in [9.17, 15) is 18.4 Å². The molecule has 0 aliphatic carbocycles. The Morgan fingerprint density at radius 2 is 1.66 bits per heavy atom. The number of aromatic nitrogens is 2. The molecule has 0 saturated carbocycles. The van der Waals surface area contributed by atoms with Crippen LogP contribution in [0.15, 0.2) is 48.5 Å². The monoisotopic (exact) mass is 483 g/mol. The van der Waals surface area contributed by atoms with Crippen LogP contribution in [0.4, 0.5) is 25.1 Å². The Labute approximate surface area is 204 Å². The van der Waals surface area contributed by atoms with Gasteiger partial charge < -0.3 is 15.5 Å². The largest absolute Gasteiger partial charge is 0.322 e. The highest BCUT2D eigenvalue weighted by Crippen LogP contribution is 2.26. The Hall–Kier alpha value is -3.75. The number of amides is 3. The first-order valence-electron chi connectivity index (χ1n) is 11.4. The van der Waals surface area contributed by atoms with Crippen LogP contribution in [0.2, 0.25) is 0 Å². The number of carbonyl (C=O) groups is 2. The second-order valence-corrected chi connectivity index (χ2v) is 9.74. The molecule has 7 nitrogen and oxygen atoms in total. The maximum absolute atomic E-state index is 13.5. The Balaban J connectivity index is 1.80. The second-order valence-electron chi connectivity index (χ2n) is 9.74. The predicted molar refractivity (Wildman–Crippen MR) is 133 cm³/mol. The number of carbonyl (C=O) groups excluding carboxylic acids is 2. The maximum Gasteiger partial charge on any atom is 0.322 e. The zero-order valence-corrected chi connectivity index (χ0v) is 20.8. The topological polar surface area (TPSA) is 79.3 Å². The molecular weight excluding hydrogens is 452 g/mol. The third kappa shape index (κ3) is 6.44. The van der Waals surface area contributed by atoms with Gasteiger partial charge in [-0.25, -0.2) is 18.3 Å². The van der Waals surface area contributed by atoms with Crippen LogP contribution in [-0.4, -0.2) is 39.2 Å². The van der Waals surface area contributed by atoms with Crippen molar-refractivity contribution in [3.05, 3.63) is 71.4 Å². The van der Waals surface area contributed by atoms with Crippen LogP contribution in [0.25, 0.3) is 5.69 Å². The lowest BCUT2D eigenvalue weighted by Crippen LogP contribution is -2.44. The number of rotatable bonds is 6. The normalized spacial score (nSPS) is 11.5. The maximum atomic E-state index is 13.5. The van der Waals surface area contributed by atoms with Gasteiger partial charge in [0.25, 0.3) is 0 Å². The van der Waals surface area contributed by atoms with Crippen molar-refractivity contribution in [1.29, 1.82) is 0 Å². The number of urea groups is 1. The summed E-state index contributed by atoms with van der Waals surface area (Å²) in [4.78, 5) is 27.1. The van der Waals surface area contributed by atoms with Crippen LogP contribution in [0.1, 0.15) is 45.9 Å². The van der Waals surface area contributed by atoms with Gasteiger partial charge in [-0.1, -0.05) is 38.5 Å². The summed E-state index contributed by atoms with van der Waals surface area (Å²) in [5.74, 6) is -2.03. The molecule has 2 aromatic carbocycles. The van der Waals surface area contributed by atoms with E-state index in [4.69, 9.17) is 5.10 Å². The van der Waals surface area contributed by atoms with Crippen molar-refractivity contribution < 1.29 is 18.4 Å². The predicted octanol–water partition coefficient (Wildman–Crippen LogP) is 5.64. The fraction of sp³-hybridized carbons (Fsp3) is 0.346. The van der Waals surface area contributed by atoms with Crippen molar-refractivity contribution in [3.8, 4) is 5.69 Å². The molecule has 0 bridgehead atoms. The number of aryl methyl sites for hydroxylation is 1. The number of nitrogens with zero attached hydrogens (tertiary/aromatic N) is 3. The van der Waals surface area contributed by atoms with Crippen LogP contribution < -0.4 is 10.6 Å². The SMILES string of the molecule is Cc1ccc(-n2nc(C(C)(C)C)cc2NC(=O)CN(C(=O)Nc2ccc(F)c(F)c2)C(C)C)cc1. The van der Waals surface area contributed by atoms with Crippen molar-refractivity contribution in [2.45, 2.75) is 53.0 Å². The average molecular weight is 484 g/mol. The number of hydrogen-bond donors (Lipinski definition) is 2. The van der Waals surface area contributed by atoms with Gasteiger partial charge in [0.1, 0.15) is 12.4 Å². The van der Waals surface area contributed by atoms with E-state index in [2.05, 4.69) is 10.6 Å². The minimum Gasteiger partial charge on any atom is -0.313 e. The Bertz CT molecular complexity index is 1210. The Morgan fingerprint density at radius 3 is 2.23 bits per heavy atom. The summed E-state index contributed by atoms with van der Waals surface area (Å²) in [7, 11) is 0. The van der Waals surface area contributed by atoms with Gasteiger partial charge in [0, 0.05) is 29.3 Å². The van der Waals surface area contributed by atoms with Crippen LogP contribution in [0, 0.1) is 18.6 Å². The first-order chi connectivity index (χ1) is 16.3. The molecule has 1 aromatic heterocycles. The van der Waals surface area contributed by atoms with E-state index in [0.717, 1.165) is 29.1 Å². The van der Waals surface area contributed by atoms with Gasteiger partial charge in [0.2, 0.25) is 5.91 Å². The number of anilines is 2. The Kier molecular flexibility index (Phi) is 7.57. The summed E-state index contributed by atoms with van der Waals surface area (Å²) in [5.41, 5.74) is 2.53. The molecule has 0 aliphatic rings. The van der Waals surface area contributed by atoms with Crippen LogP contribution >= 0.6 is 0 Å². The summed E-state index contributed by atoms with van der Waals surface area (Å²) < 4.78 is 28.4. The molecule has 2 N–H and O–H groups in total. The van der Waals surface area contributed by atoms with Gasteiger partial charge in [-0.3, -0.25) is 4.79 Å². The molecule has 3 rings (SSSR count). The fourth-order valence-electron chi connectivity index (χ4n) is 3.31. The highest BCUT2D eigenvalue weighted by Gasteiger charge is 2.24. The van der Waals surface area contributed by atoms with E-state index in [1.807, 2.05) is 58.0 Å². The Morgan fingerprint density at radius 1 is 1.00 bits per heavy atom. The molecular formula is C26H31F2N5O2. The highest BCUT2D eigenvalue weighted by molar-refractivity contribution is 5.97. The smallest absolute Gasteiger partial charge is 0.313 e. The third-order valence-corrected chi connectivity index (χ3v) is 5.39. The minimum absolute atomic E-state index is 0.0900. The van der Waals surface area contributed by atoms with E-state index < -0.39 is 23.6 Å². The molecule has 0 aliphatic heterocycles. The molecule has 35 heavy (non-hydrogen) atoms. The van der Waals surface area contributed by atoms with Crippen LogP contribution in [0.5, 0.6) is 0 Å². The lowest BCUT2D eigenvalue weighted by Gasteiger charge is -2.26. The van der Waals surface area contributed by atoms with Gasteiger partial charge in [-0.05, 0) is 45.0 Å². The van der Waals surface area contributed by atoms with Gasteiger partial charge >= 0.3 is 6.03 Å². The molecule has 0 spiro atoms. The zero-order valence-electron chi connectivity index (χ0n) is 20.8. The van der Waals surface area contributed by atoms with Crippen molar-refractivity contribution in [1.82, 2.24) is 14.7 Å². The standard InChI is InChI=1S/C26H31F2N5O2/c1-16(2)32(25(35)29-18-9-12-20(27)21(28)13-18)15-24(34)30-23-14-22(26(4,5)6)31-33(23)19-10-7-17(3)8-11-19/h7-14,16H,15H2,1-6H3,(H,29,35)(H,30,34).